The van der Waals surface area contributed by atoms with Gasteiger partial charge in [-0.2, -0.15) is 13.2 Å². The molecule has 2 aromatic rings. The number of benzene rings is 2. The summed E-state index contributed by atoms with van der Waals surface area (Å²) in [4.78, 5) is 33.1. The van der Waals surface area contributed by atoms with Crippen LogP contribution in [-0.2, 0) is 0 Å². The van der Waals surface area contributed by atoms with Gasteiger partial charge in [0.1, 0.15) is 18.9 Å². The molecule has 10 heteroatoms. The van der Waals surface area contributed by atoms with Gasteiger partial charge in [-0.1, -0.05) is 36.4 Å². The van der Waals surface area contributed by atoms with E-state index in [4.69, 9.17) is 4.74 Å². The quantitative estimate of drug-likeness (QED) is 0.586. The second-order valence-electron chi connectivity index (χ2n) is 9.69. The van der Waals surface area contributed by atoms with E-state index in [1.165, 1.54) is 7.05 Å². The summed E-state index contributed by atoms with van der Waals surface area (Å²) < 4.78 is 46.6. The average Bonchev–Trinajstić information content (AvgIpc) is 3.16. The third-order valence-electron chi connectivity index (χ3n) is 7.20. The number of ether oxygens (including phenoxy) is 1. The number of nitrogens with zero attached hydrogens (tertiary/aromatic N) is 4. The van der Waals surface area contributed by atoms with E-state index in [9.17, 15) is 22.8 Å². The van der Waals surface area contributed by atoms with Crippen LogP contribution in [0.25, 0.3) is 5.70 Å². The van der Waals surface area contributed by atoms with Gasteiger partial charge in [0.15, 0.2) is 5.78 Å². The fraction of sp³-hybridized carbons (Fsp3) is 0.407. The second kappa shape index (κ2) is 9.83. The lowest BCUT2D eigenvalue weighted by molar-refractivity contribution is -0.144. The number of ketones is 1. The molecule has 1 fully saturated rings. The topological polar surface area (TPSA) is 56.3 Å². The number of hydrogen-bond acceptors (Lipinski definition) is 5. The number of likely N-dealkylation sites (N-methyl/N-ethyl adjacent to an activating group) is 1. The Morgan fingerprint density at radius 1 is 0.919 bits per heavy atom. The van der Waals surface area contributed by atoms with E-state index in [1.807, 2.05) is 0 Å². The molecule has 0 N–H and O–H groups in total. The Hall–Kier alpha value is -3.37. The summed E-state index contributed by atoms with van der Waals surface area (Å²) in [5.41, 5.74) is 1.90. The van der Waals surface area contributed by atoms with E-state index >= 15 is 0 Å². The van der Waals surface area contributed by atoms with E-state index < -0.39 is 24.8 Å². The van der Waals surface area contributed by atoms with Crippen LogP contribution in [0.3, 0.4) is 0 Å². The Bertz CT molecular complexity index is 1220. The van der Waals surface area contributed by atoms with Crippen molar-refractivity contribution >= 4 is 17.5 Å². The predicted molar refractivity (Wildman–Crippen MR) is 132 cm³/mol. The normalized spacial score (nSPS) is 20.9. The first kappa shape index (κ1) is 25.3. The molecule has 196 valence electrons. The van der Waals surface area contributed by atoms with Crippen molar-refractivity contribution in [2.24, 2.45) is 0 Å². The van der Waals surface area contributed by atoms with Crippen LogP contribution in [0.1, 0.15) is 27.5 Å². The van der Waals surface area contributed by atoms with Gasteiger partial charge in [-0.3, -0.25) is 14.6 Å². The van der Waals surface area contributed by atoms with Gasteiger partial charge < -0.3 is 14.5 Å². The van der Waals surface area contributed by atoms with Crippen LogP contribution in [0.15, 0.2) is 54.1 Å². The molecular formula is C27H29F3N4O3. The van der Waals surface area contributed by atoms with Crippen LogP contribution in [0.2, 0.25) is 0 Å². The summed E-state index contributed by atoms with van der Waals surface area (Å²) in [7, 11) is 3.50. The summed E-state index contributed by atoms with van der Waals surface area (Å²) in [6.45, 7) is 3.78. The van der Waals surface area contributed by atoms with Crippen molar-refractivity contribution in [1.82, 2.24) is 19.6 Å². The number of amides is 2. The Labute approximate surface area is 213 Å². The van der Waals surface area contributed by atoms with Gasteiger partial charge in [0.05, 0.1) is 17.3 Å². The van der Waals surface area contributed by atoms with Crippen LogP contribution in [0, 0.1) is 0 Å². The van der Waals surface area contributed by atoms with Crippen molar-refractivity contribution in [1.29, 1.82) is 0 Å². The molecule has 1 unspecified atom stereocenters. The van der Waals surface area contributed by atoms with Gasteiger partial charge in [-0.15, -0.1) is 0 Å². The zero-order valence-corrected chi connectivity index (χ0v) is 20.8. The van der Waals surface area contributed by atoms with Crippen molar-refractivity contribution in [3.63, 3.8) is 0 Å². The molecule has 2 heterocycles. The van der Waals surface area contributed by atoms with E-state index in [2.05, 4.69) is 16.8 Å². The molecule has 2 aromatic carbocycles. The highest BCUT2D eigenvalue weighted by molar-refractivity contribution is 6.23. The molecule has 1 saturated heterocycles. The molecule has 1 aliphatic carbocycles. The Morgan fingerprint density at radius 2 is 1.57 bits per heavy atom. The maximum Gasteiger partial charge on any atom is 0.406 e. The molecule has 0 aromatic heterocycles. The molecule has 3 aliphatic rings. The zero-order chi connectivity index (χ0) is 26.3. The van der Waals surface area contributed by atoms with Gasteiger partial charge in [-0.05, 0) is 24.7 Å². The second-order valence-corrected chi connectivity index (χ2v) is 9.69. The van der Waals surface area contributed by atoms with Gasteiger partial charge in [-0.25, -0.2) is 4.79 Å². The molecule has 1 atom stereocenters. The SMILES string of the molecule is CN1CCN(CCOc2ccc(C3C4=C(c5ccccc5C4=O)N(C)C(=O)N3CC(F)(F)F)cc2)CC1. The number of halogens is 3. The van der Waals surface area contributed by atoms with Crippen LogP contribution in [0.4, 0.5) is 18.0 Å². The van der Waals surface area contributed by atoms with Crippen molar-refractivity contribution in [2.45, 2.75) is 12.2 Å². The first-order valence-electron chi connectivity index (χ1n) is 12.3. The maximum absolute atomic E-state index is 13.6. The lowest BCUT2D eigenvalue weighted by atomic mass is 9.92. The molecule has 0 bridgehead atoms. The average molecular weight is 515 g/mol. The van der Waals surface area contributed by atoms with Gasteiger partial charge in [0.2, 0.25) is 0 Å². The number of piperazine rings is 1. The van der Waals surface area contributed by atoms with E-state index in [1.54, 1.807) is 48.5 Å². The van der Waals surface area contributed by atoms with Gasteiger partial charge in [0, 0.05) is 50.9 Å². The van der Waals surface area contributed by atoms with E-state index in [0.29, 0.717) is 34.7 Å². The standard InChI is InChI=1S/C27H29F3N4O3/c1-31-11-13-33(14-12-31)15-16-37-19-9-7-18(8-10-19)23-22-24(20-5-3-4-6-21(20)25(22)35)32(2)26(36)34(23)17-27(28,29)30/h3-10,23H,11-17H2,1-2H3. The van der Waals surface area contributed by atoms with E-state index in [-0.39, 0.29) is 11.4 Å². The fourth-order valence-corrected chi connectivity index (χ4v) is 5.26. The molecule has 5 rings (SSSR count). The molecule has 37 heavy (non-hydrogen) atoms. The zero-order valence-electron chi connectivity index (χ0n) is 20.8. The number of carbonyl (C=O) groups excluding carboxylic acids is 2. The predicted octanol–water partition coefficient (Wildman–Crippen LogP) is 3.89. The molecule has 0 saturated carbocycles. The third kappa shape index (κ3) is 4.95. The number of Topliss-reactive ketones (excluding diaryl/α,β-unsaturated/α-hetero) is 1. The molecule has 0 radical (unpaired) electrons. The maximum atomic E-state index is 13.6. The van der Waals surface area contributed by atoms with Crippen molar-refractivity contribution < 1.29 is 27.5 Å². The first-order chi connectivity index (χ1) is 17.6. The van der Waals surface area contributed by atoms with Gasteiger partial charge >= 0.3 is 12.2 Å². The fourth-order valence-electron chi connectivity index (χ4n) is 5.26. The summed E-state index contributed by atoms with van der Waals surface area (Å²) in [6, 6.07) is 11.5. The smallest absolute Gasteiger partial charge is 0.406 e. The third-order valence-corrected chi connectivity index (χ3v) is 7.20. The number of carbonyl (C=O) groups is 2. The highest BCUT2D eigenvalue weighted by Crippen LogP contribution is 2.47. The highest BCUT2D eigenvalue weighted by Gasteiger charge is 2.49. The Morgan fingerprint density at radius 3 is 2.22 bits per heavy atom. The Balaban J connectivity index is 1.41. The molecular weight excluding hydrogens is 485 g/mol. The van der Waals surface area contributed by atoms with Crippen molar-refractivity contribution in [3.05, 3.63) is 70.8 Å². The minimum absolute atomic E-state index is 0.177. The molecule has 7 nitrogen and oxygen atoms in total. The van der Waals surface area contributed by atoms with Crippen molar-refractivity contribution in [3.8, 4) is 5.75 Å². The van der Waals surface area contributed by atoms with E-state index in [0.717, 1.165) is 42.5 Å². The highest BCUT2D eigenvalue weighted by atomic mass is 19.4. The minimum atomic E-state index is -4.63. The first-order valence-corrected chi connectivity index (χ1v) is 12.3. The van der Waals surface area contributed by atoms with Crippen LogP contribution < -0.4 is 4.74 Å². The number of hydrogen-bond donors (Lipinski definition) is 0. The molecule has 2 amide bonds. The Kier molecular flexibility index (Phi) is 6.72. The number of rotatable bonds is 6. The van der Waals surface area contributed by atoms with Crippen LogP contribution in [0.5, 0.6) is 5.75 Å². The minimum Gasteiger partial charge on any atom is -0.492 e. The summed E-state index contributed by atoms with van der Waals surface area (Å²) >= 11 is 0. The van der Waals surface area contributed by atoms with Crippen LogP contribution in [-0.4, -0.2) is 97.6 Å². The summed E-state index contributed by atoms with van der Waals surface area (Å²) in [5.74, 6) is 0.212. The molecule has 2 aliphatic heterocycles. The van der Waals surface area contributed by atoms with Crippen molar-refractivity contribution in [2.75, 3.05) is 60.0 Å². The number of alkyl halides is 3. The number of fused-ring (bicyclic) bond motifs is 2. The summed E-state index contributed by atoms with van der Waals surface area (Å²) in [5, 5.41) is 0. The largest absolute Gasteiger partial charge is 0.492 e. The number of urea groups is 1. The summed E-state index contributed by atoms with van der Waals surface area (Å²) in [6.07, 6.45) is -4.63. The lowest BCUT2D eigenvalue weighted by Crippen LogP contribution is -2.51. The van der Waals surface area contributed by atoms with Crippen LogP contribution >= 0.6 is 0 Å². The lowest BCUT2D eigenvalue weighted by Gasteiger charge is -2.41. The monoisotopic (exact) mass is 514 g/mol. The molecule has 0 spiro atoms. The van der Waals surface area contributed by atoms with Gasteiger partial charge in [0.25, 0.3) is 0 Å².